The molecule has 2 aromatic heterocycles. The molecule has 0 amide bonds. The number of nitrogens with zero attached hydrogens (tertiary/aromatic N) is 1. The Balaban J connectivity index is 1.15. The molecule has 0 atom stereocenters. The number of furan rings is 1. The Hall–Kier alpha value is -6.94. The van der Waals surface area contributed by atoms with Crippen LogP contribution >= 0.6 is 11.3 Å². The summed E-state index contributed by atoms with van der Waals surface area (Å²) in [7, 11) is 0. The van der Waals surface area contributed by atoms with Crippen LogP contribution in [0.15, 0.2) is 205 Å². The van der Waals surface area contributed by atoms with Gasteiger partial charge in [0, 0.05) is 48.0 Å². The molecule has 9 aromatic carbocycles. The van der Waals surface area contributed by atoms with E-state index in [-0.39, 0.29) is 0 Å². The van der Waals surface area contributed by atoms with Gasteiger partial charge in [-0.05, 0) is 105 Å². The molecule has 2 nitrogen and oxygen atoms in total. The molecule has 11 aromatic rings. The zero-order valence-corrected chi connectivity index (χ0v) is 30.6. The van der Waals surface area contributed by atoms with Crippen molar-refractivity contribution in [3.8, 4) is 33.4 Å². The zero-order valence-electron chi connectivity index (χ0n) is 29.8. The van der Waals surface area contributed by atoms with Gasteiger partial charge in [-0.3, -0.25) is 0 Å². The highest BCUT2D eigenvalue weighted by Crippen LogP contribution is 2.45. The van der Waals surface area contributed by atoms with Crippen molar-refractivity contribution in [2.24, 2.45) is 0 Å². The van der Waals surface area contributed by atoms with Crippen LogP contribution in [-0.2, 0) is 0 Å². The third-order valence-corrected chi connectivity index (χ3v) is 12.1. The van der Waals surface area contributed by atoms with Gasteiger partial charge in [-0.25, -0.2) is 0 Å². The van der Waals surface area contributed by atoms with Crippen LogP contribution < -0.4 is 4.90 Å². The lowest BCUT2D eigenvalue weighted by atomic mass is 9.96. The molecule has 0 N–H and O–H groups in total. The Labute approximate surface area is 322 Å². The van der Waals surface area contributed by atoms with Gasteiger partial charge in [0.1, 0.15) is 11.2 Å². The van der Waals surface area contributed by atoms with Crippen LogP contribution in [0.2, 0.25) is 0 Å². The molecule has 3 heteroatoms. The van der Waals surface area contributed by atoms with Crippen LogP contribution in [-0.4, -0.2) is 0 Å². The molecule has 0 saturated carbocycles. The maximum absolute atomic E-state index is 6.30. The van der Waals surface area contributed by atoms with Gasteiger partial charge in [-0.2, -0.15) is 0 Å². The summed E-state index contributed by atoms with van der Waals surface area (Å²) in [5.41, 5.74) is 12.2. The van der Waals surface area contributed by atoms with Crippen molar-refractivity contribution < 1.29 is 4.42 Å². The van der Waals surface area contributed by atoms with Crippen LogP contribution in [0.1, 0.15) is 0 Å². The minimum atomic E-state index is 0.881. The second kappa shape index (κ2) is 12.9. The van der Waals surface area contributed by atoms with E-state index in [1.165, 1.54) is 64.3 Å². The molecule has 0 fully saturated rings. The molecule has 0 aliphatic rings. The van der Waals surface area contributed by atoms with E-state index in [9.17, 15) is 0 Å². The number of thiophene rings is 1. The maximum atomic E-state index is 6.30. The lowest BCUT2D eigenvalue weighted by Gasteiger charge is -2.27. The van der Waals surface area contributed by atoms with Gasteiger partial charge in [0.25, 0.3) is 0 Å². The molecule has 0 saturated heterocycles. The van der Waals surface area contributed by atoms with Crippen molar-refractivity contribution in [2.75, 3.05) is 4.90 Å². The minimum absolute atomic E-state index is 0.881. The van der Waals surface area contributed by atoms with Gasteiger partial charge >= 0.3 is 0 Å². The highest BCUT2D eigenvalue weighted by molar-refractivity contribution is 7.26. The summed E-state index contributed by atoms with van der Waals surface area (Å²) in [6.45, 7) is 0. The van der Waals surface area contributed by atoms with Crippen LogP contribution in [0.3, 0.4) is 0 Å². The maximum Gasteiger partial charge on any atom is 0.135 e. The summed E-state index contributed by atoms with van der Waals surface area (Å²) in [4.78, 5) is 2.40. The molecule has 55 heavy (non-hydrogen) atoms. The summed E-state index contributed by atoms with van der Waals surface area (Å²) in [5.74, 6) is 0. The van der Waals surface area contributed by atoms with Crippen molar-refractivity contribution in [1.82, 2.24) is 0 Å². The summed E-state index contributed by atoms with van der Waals surface area (Å²) < 4.78 is 8.91. The smallest absolute Gasteiger partial charge is 0.135 e. The molecule has 0 spiro atoms. The quantitative estimate of drug-likeness (QED) is 0.170. The first-order valence-corrected chi connectivity index (χ1v) is 19.5. The first-order chi connectivity index (χ1) is 27.2. The summed E-state index contributed by atoms with van der Waals surface area (Å²) in [6, 6.07) is 72.4. The van der Waals surface area contributed by atoms with E-state index in [0.717, 1.165) is 39.0 Å². The van der Waals surface area contributed by atoms with Gasteiger partial charge in [-0.15, -0.1) is 11.3 Å². The SMILES string of the molecule is c1ccc(-c2cc(-c3cccc4c3sc3ccccc34)cc(N(c3ccc(-c4cccc5ccccc45)cc3)c3ccc4oc5ccccc5c4c3)c2)cc1. The molecular formula is C52H33NOS. The number of hydrogen-bond acceptors (Lipinski definition) is 3. The topological polar surface area (TPSA) is 16.4 Å². The molecule has 0 radical (unpaired) electrons. The van der Waals surface area contributed by atoms with E-state index in [1.807, 2.05) is 23.5 Å². The van der Waals surface area contributed by atoms with Crippen LogP contribution in [0.5, 0.6) is 0 Å². The fourth-order valence-electron chi connectivity index (χ4n) is 8.24. The second-order valence-corrected chi connectivity index (χ2v) is 15.2. The van der Waals surface area contributed by atoms with Crippen molar-refractivity contribution in [1.29, 1.82) is 0 Å². The van der Waals surface area contributed by atoms with Crippen molar-refractivity contribution in [3.05, 3.63) is 200 Å². The Bertz CT molecular complexity index is 3200. The predicted octanol–water partition coefficient (Wildman–Crippen LogP) is 15.6. The van der Waals surface area contributed by atoms with E-state index < -0.39 is 0 Å². The van der Waals surface area contributed by atoms with Crippen LogP contribution in [0.4, 0.5) is 17.1 Å². The highest BCUT2D eigenvalue weighted by Gasteiger charge is 2.19. The molecule has 0 aliphatic carbocycles. The molecule has 2 heterocycles. The fraction of sp³-hybridized carbons (Fsp3) is 0. The average molecular weight is 720 g/mol. The molecular weight excluding hydrogens is 687 g/mol. The van der Waals surface area contributed by atoms with Crippen molar-refractivity contribution >= 4 is 81.3 Å². The fourth-order valence-corrected chi connectivity index (χ4v) is 9.47. The van der Waals surface area contributed by atoms with Gasteiger partial charge in [0.15, 0.2) is 0 Å². The van der Waals surface area contributed by atoms with E-state index >= 15 is 0 Å². The first kappa shape index (κ1) is 31.6. The van der Waals surface area contributed by atoms with E-state index in [4.69, 9.17) is 4.42 Å². The third kappa shape index (κ3) is 5.40. The van der Waals surface area contributed by atoms with Crippen molar-refractivity contribution in [3.63, 3.8) is 0 Å². The summed E-state index contributed by atoms with van der Waals surface area (Å²) in [6.07, 6.45) is 0. The Morgan fingerprint density at radius 1 is 0.345 bits per heavy atom. The second-order valence-electron chi connectivity index (χ2n) is 14.1. The Kier molecular flexibility index (Phi) is 7.39. The number of benzene rings is 9. The largest absolute Gasteiger partial charge is 0.456 e. The zero-order chi connectivity index (χ0) is 36.3. The molecule has 258 valence electrons. The lowest BCUT2D eigenvalue weighted by molar-refractivity contribution is 0.669. The number of hydrogen-bond donors (Lipinski definition) is 0. The first-order valence-electron chi connectivity index (χ1n) is 18.7. The highest BCUT2D eigenvalue weighted by atomic mass is 32.1. The lowest BCUT2D eigenvalue weighted by Crippen LogP contribution is -2.10. The Morgan fingerprint density at radius 3 is 1.89 bits per heavy atom. The Morgan fingerprint density at radius 2 is 1.00 bits per heavy atom. The molecule has 0 bridgehead atoms. The summed E-state index contributed by atoms with van der Waals surface area (Å²) >= 11 is 1.87. The number of fused-ring (bicyclic) bond motifs is 7. The predicted molar refractivity (Wildman–Crippen MR) is 235 cm³/mol. The molecule has 0 aliphatic heterocycles. The standard InChI is InChI=1S/C52H33NOS/c1-2-12-34(13-3-1)37-30-38(44-20-11-21-47-46-18-7-9-23-51(46)55-52(44)47)32-41(31-37)53(40-28-29-50-48(33-40)45-17-6-8-22-49(45)54-50)39-26-24-36(25-27-39)43-19-10-15-35-14-4-5-16-42(35)43/h1-33H. The summed E-state index contributed by atoms with van der Waals surface area (Å²) in [5, 5.41) is 7.30. The minimum Gasteiger partial charge on any atom is -0.456 e. The van der Waals surface area contributed by atoms with Gasteiger partial charge in [0.2, 0.25) is 0 Å². The molecule has 0 unspecified atom stereocenters. The van der Waals surface area contributed by atoms with E-state index in [1.54, 1.807) is 0 Å². The molecule has 11 rings (SSSR count). The van der Waals surface area contributed by atoms with E-state index in [2.05, 4.69) is 193 Å². The van der Waals surface area contributed by atoms with Gasteiger partial charge in [-0.1, -0.05) is 140 Å². The van der Waals surface area contributed by atoms with Crippen LogP contribution in [0.25, 0.3) is 86.3 Å². The van der Waals surface area contributed by atoms with Crippen LogP contribution in [0, 0.1) is 0 Å². The average Bonchev–Trinajstić information content (AvgIpc) is 3.82. The number of anilines is 3. The normalized spacial score (nSPS) is 11.6. The van der Waals surface area contributed by atoms with Gasteiger partial charge < -0.3 is 9.32 Å². The van der Waals surface area contributed by atoms with E-state index in [0.29, 0.717) is 0 Å². The number of para-hydroxylation sites is 1. The monoisotopic (exact) mass is 719 g/mol. The third-order valence-electron chi connectivity index (χ3n) is 10.8. The van der Waals surface area contributed by atoms with Crippen molar-refractivity contribution in [2.45, 2.75) is 0 Å². The number of rotatable bonds is 6. The van der Waals surface area contributed by atoms with Gasteiger partial charge in [0.05, 0.1) is 0 Å².